The van der Waals surface area contributed by atoms with Crippen LogP contribution in [-0.2, 0) is 42.4 Å². The van der Waals surface area contributed by atoms with Crippen molar-refractivity contribution in [1.82, 2.24) is 0 Å². The van der Waals surface area contributed by atoms with Crippen molar-refractivity contribution in [2.75, 3.05) is 13.4 Å². The van der Waals surface area contributed by atoms with E-state index in [-0.39, 0.29) is 18.4 Å². The number of Topliss-reactive ketones (excluding diaryl/α,β-unsaturated/α-hetero) is 1. The lowest BCUT2D eigenvalue weighted by Crippen LogP contribution is -2.48. The zero-order valence-electron chi connectivity index (χ0n) is 19.1. The third-order valence-electron chi connectivity index (χ3n) is 6.13. The van der Waals surface area contributed by atoms with E-state index in [0.29, 0.717) is 0 Å². The summed E-state index contributed by atoms with van der Waals surface area (Å²) in [4.78, 5) is 25.1. The molecule has 3 heterocycles. The molecule has 3 saturated heterocycles. The van der Waals surface area contributed by atoms with Crippen LogP contribution in [0.3, 0.4) is 0 Å². The summed E-state index contributed by atoms with van der Waals surface area (Å²) in [6.45, 7) is 15.5. The highest BCUT2D eigenvalue weighted by Gasteiger charge is 2.58. The van der Waals surface area contributed by atoms with E-state index in [1.54, 1.807) is 13.8 Å². The molecule has 0 saturated carbocycles. The minimum atomic E-state index is -2.19. The van der Waals surface area contributed by atoms with Crippen LogP contribution < -0.4 is 0 Å². The van der Waals surface area contributed by atoms with Crippen molar-refractivity contribution in [2.24, 2.45) is 0 Å². The van der Waals surface area contributed by atoms with Gasteiger partial charge in [-0.05, 0) is 32.0 Å². The Morgan fingerprint density at radius 3 is 2.30 bits per heavy atom. The van der Waals surface area contributed by atoms with E-state index in [4.69, 9.17) is 32.8 Å². The van der Waals surface area contributed by atoms with Gasteiger partial charge in [0, 0.05) is 6.92 Å². The Balaban J connectivity index is 1.79. The van der Waals surface area contributed by atoms with Crippen molar-refractivity contribution in [3.05, 3.63) is 0 Å². The maximum absolute atomic E-state index is 13.4. The molecule has 9 nitrogen and oxygen atoms in total. The lowest BCUT2D eigenvalue weighted by Gasteiger charge is -2.38. The molecule has 0 aliphatic carbocycles. The number of carbonyl (C=O) groups is 2. The van der Waals surface area contributed by atoms with E-state index in [9.17, 15) is 9.59 Å². The van der Waals surface area contributed by atoms with Gasteiger partial charge in [0.2, 0.25) is 5.78 Å². The van der Waals surface area contributed by atoms with Crippen molar-refractivity contribution in [3.63, 3.8) is 0 Å². The highest BCUT2D eigenvalue weighted by molar-refractivity contribution is 6.74. The number of hydrogen-bond donors (Lipinski definition) is 0. The van der Waals surface area contributed by atoms with Crippen LogP contribution >= 0.6 is 0 Å². The van der Waals surface area contributed by atoms with Crippen LogP contribution in [0.25, 0.3) is 0 Å². The van der Waals surface area contributed by atoms with Crippen molar-refractivity contribution in [2.45, 2.75) is 102 Å². The van der Waals surface area contributed by atoms with Gasteiger partial charge in [0.15, 0.2) is 32.6 Å². The van der Waals surface area contributed by atoms with Crippen molar-refractivity contribution in [1.29, 1.82) is 0 Å². The van der Waals surface area contributed by atoms with Gasteiger partial charge in [-0.1, -0.05) is 20.8 Å². The average Bonchev–Trinajstić information content (AvgIpc) is 3.27. The second-order valence-electron chi connectivity index (χ2n) is 9.98. The highest BCUT2D eigenvalue weighted by Crippen LogP contribution is 2.41. The smallest absolute Gasteiger partial charge is 0.303 e. The molecular weight excluding hydrogens is 412 g/mol. The second-order valence-corrected chi connectivity index (χ2v) is 14.7. The molecule has 3 aliphatic rings. The number of ketones is 1. The number of hydrogen-bond acceptors (Lipinski definition) is 9. The molecule has 30 heavy (non-hydrogen) atoms. The van der Waals surface area contributed by atoms with Gasteiger partial charge in [-0.2, -0.15) is 0 Å². The summed E-state index contributed by atoms with van der Waals surface area (Å²) in [6, 6.07) is 0. The fraction of sp³-hybridized carbons (Fsp3) is 0.900. The molecule has 0 radical (unpaired) electrons. The summed E-state index contributed by atoms with van der Waals surface area (Å²) in [5.74, 6) is -1.91. The van der Waals surface area contributed by atoms with E-state index < -0.39 is 62.7 Å². The maximum atomic E-state index is 13.4. The summed E-state index contributed by atoms with van der Waals surface area (Å²) in [5, 5.41) is -0.0473. The molecule has 0 unspecified atom stereocenters. The normalized spacial score (nSPS) is 34.6. The predicted octanol–water partition coefficient (Wildman–Crippen LogP) is 2.13. The molecule has 0 aromatic rings. The number of rotatable bonds is 6. The first-order valence-electron chi connectivity index (χ1n) is 10.3. The van der Waals surface area contributed by atoms with Gasteiger partial charge in [0.05, 0.1) is 6.61 Å². The van der Waals surface area contributed by atoms with Crippen LogP contribution in [0, 0.1) is 0 Å². The monoisotopic (exact) mass is 446 g/mol. The first-order valence-corrected chi connectivity index (χ1v) is 13.2. The molecule has 3 rings (SSSR count). The van der Waals surface area contributed by atoms with Gasteiger partial charge in [-0.3, -0.25) is 9.59 Å². The minimum Gasteiger partial charge on any atom is -0.452 e. The topological polar surface area (TPSA) is 98.8 Å². The Labute approximate surface area is 178 Å². The molecule has 0 spiro atoms. The first-order chi connectivity index (χ1) is 13.7. The van der Waals surface area contributed by atoms with Gasteiger partial charge in [0.25, 0.3) is 0 Å². The lowest BCUT2D eigenvalue weighted by atomic mass is 10.00. The average molecular weight is 447 g/mol. The quantitative estimate of drug-likeness (QED) is 0.449. The fourth-order valence-electron chi connectivity index (χ4n) is 3.49. The summed E-state index contributed by atoms with van der Waals surface area (Å²) in [5.41, 5.74) is 0. The van der Waals surface area contributed by atoms with Crippen LogP contribution in [0.4, 0.5) is 0 Å². The van der Waals surface area contributed by atoms with Crippen molar-refractivity contribution in [3.8, 4) is 0 Å². The van der Waals surface area contributed by atoms with E-state index in [2.05, 4.69) is 33.9 Å². The maximum Gasteiger partial charge on any atom is 0.303 e. The molecule has 6 atom stereocenters. The van der Waals surface area contributed by atoms with Gasteiger partial charge in [-0.15, -0.1) is 0 Å². The first kappa shape index (κ1) is 23.8. The van der Waals surface area contributed by atoms with E-state index in [0.717, 1.165) is 0 Å². The number of carbonyl (C=O) groups excluding carboxylic acids is 2. The van der Waals surface area contributed by atoms with E-state index >= 15 is 0 Å². The van der Waals surface area contributed by atoms with Gasteiger partial charge in [0.1, 0.15) is 25.1 Å². The molecule has 0 N–H and O–H groups in total. The van der Waals surface area contributed by atoms with Crippen LogP contribution in [0.2, 0.25) is 18.1 Å². The summed E-state index contributed by atoms with van der Waals surface area (Å²) in [6.07, 6.45) is -4.80. The standard InChI is InChI=1S/C20H34O9Si/c1-11(21)26-14(12-9-25-20(5,6)28-12)13(22)15-16-17(24-10-23-16)18(27-15)29-30(7,8)19(2,3)4/h12,14-18H,9-10H2,1-8H3/t12-,14+,15-,16-,17-,18+/m1/s1. The highest BCUT2D eigenvalue weighted by atomic mass is 28.4. The molecule has 3 aliphatic heterocycles. The Morgan fingerprint density at radius 2 is 1.77 bits per heavy atom. The van der Waals surface area contributed by atoms with Crippen molar-refractivity contribution >= 4 is 20.1 Å². The Kier molecular flexibility index (Phi) is 6.52. The van der Waals surface area contributed by atoms with E-state index in [1.165, 1.54) is 6.92 Å². The lowest BCUT2D eigenvalue weighted by molar-refractivity contribution is -0.186. The summed E-state index contributed by atoms with van der Waals surface area (Å²) >= 11 is 0. The Bertz CT molecular complexity index is 672. The number of ether oxygens (including phenoxy) is 6. The third kappa shape index (κ3) is 4.79. The van der Waals surface area contributed by atoms with Crippen LogP contribution in [-0.4, -0.2) is 76.1 Å². The van der Waals surface area contributed by atoms with Crippen LogP contribution in [0.15, 0.2) is 0 Å². The van der Waals surface area contributed by atoms with Gasteiger partial charge < -0.3 is 32.8 Å². The van der Waals surface area contributed by atoms with Crippen LogP contribution in [0.1, 0.15) is 41.5 Å². The zero-order chi connectivity index (χ0) is 22.5. The minimum absolute atomic E-state index is 0.0473. The molecule has 0 aromatic carbocycles. The fourth-order valence-corrected chi connectivity index (χ4v) is 4.62. The van der Waals surface area contributed by atoms with Gasteiger partial charge >= 0.3 is 5.97 Å². The Hall–Kier alpha value is -0.883. The van der Waals surface area contributed by atoms with Gasteiger partial charge in [-0.25, -0.2) is 0 Å². The molecule has 172 valence electrons. The predicted molar refractivity (Wildman–Crippen MR) is 107 cm³/mol. The summed E-state index contributed by atoms with van der Waals surface area (Å²) < 4.78 is 40.4. The second kappa shape index (κ2) is 8.23. The van der Waals surface area contributed by atoms with Crippen molar-refractivity contribution < 1.29 is 42.4 Å². The molecule has 10 heteroatoms. The molecule has 0 bridgehead atoms. The number of fused-ring (bicyclic) bond motifs is 1. The molecule has 0 amide bonds. The molecular formula is C20H34O9Si. The third-order valence-corrected chi connectivity index (χ3v) is 10.6. The van der Waals surface area contributed by atoms with E-state index in [1.807, 2.05) is 0 Å². The number of esters is 1. The SMILES string of the molecule is CC(=O)O[C@H](C(=O)[C@H]1O[C@@H](O[Si](C)(C)C(C)(C)C)[C@@H]2OCO[C@@H]21)[C@H]1COC(C)(C)O1. The largest absolute Gasteiger partial charge is 0.452 e. The zero-order valence-corrected chi connectivity index (χ0v) is 20.1. The molecule has 3 fully saturated rings. The summed E-state index contributed by atoms with van der Waals surface area (Å²) in [7, 11) is -2.19. The Morgan fingerprint density at radius 1 is 1.13 bits per heavy atom. The molecule has 0 aromatic heterocycles. The van der Waals surface area contributed by atoms with Crippen LogP contribution in [0.5, 0.6) is 0 Å².